The monoisotopic (exact) mass is 436 g/mol. The van der Waals surface area contributed by atoms with Crippen molar-refractivity contribution < 1.29 is 4.74 Å². The van der Waals surface area contributed by atoms with Gasteiger partial charge in [0.25, 0.3) is 0 Å². The summed E-state index contributed by atoms with van der Waals surface area (Å²) >= 11 is 5.06. The van der Waals surface area contributed by atoms with Gasteiger partial charge in [-0.2, -0.15) is 0 Å². The second-order valence-corrected chi connectivity index (χ2v) is 7.84. The normalized spacial score (nSPS) is 11.3. The SMILES string of the molecule is Brc1cccc(OCc2cccc(-c3nc4c5ccsc5ncn4n3)c2)c1. The molecule has 2 aromatic carbocycles. The van der Waals surface area contributed by atoms with Crippen LogP contribution >= 0.6 is 27.3 Å². The molecule has 5 aromatic rings. The van der Waals surface area contributed by atoms with Crippen LogP contribution in [0.1, 0.15) is 5.56 Å². The van der Waals surface area contributed by atoms with Crippen LogP contribution in [0, 0.1) is 0 Å². The van der Waals surface area contributed by atoms with Crippen LogP contribution in [0.2, 0.25) is 0 Å². The van der Waals surface area contributed by atoms with Crippen LogP contribution in [-0.2, 0) is 6.61 Å². The molecule has 0 bridgehead atoms. The van der Waals surface area contributed by atoms with E-state index in [9.17, 15) is 0 Å². The van der Waals surface area contributed by atoms with E-state index in [2.05, 4.69) is 32.1 Å². The lowest BCUT2D eigenvalue weighted by Crippen LogP contribution is -1.96. The van der Waals surface area contributed by atoms with Crippen molar-refractivity contribution in [1.82, 2.24) is 19.6 Å². The third-order valence-corrected chi connectivity index (χ3v) is 5.50. The highest BCUT2D eigenvalue weighted by Crippen LogP contribution is 2.25. The van der Waals surface area contributed by atoms with Gasteiger partial charge in [0.1, 0.15) is 23.5 Å². The van der Waals surface area contributed by atoms with Crippen LogP contribution in [0.15, 0.2) is 70.8 Å². The van der Waals surface area contributed by atoms with Crippen LogP contribution < -0.4 is 4.74 Å². The van der Waals surface area contributed by atoms with E-state index in [4.69, 9.17) is 9.72 Å². The Morgan fingerprint density at radius 1 is 1.07 bits per heavy atom. The molecule has 0 fully saturated rings. The van der Waals surface area contributed by atoms with Crippen LogP contribution in [0.25, 0.3) is 27.3 Å². The molecule has 7 heteroatoms. The highest BCUT2D eigenvalue weighted by molar-refractivity contribution is 9.10. The summed E-state index contributed by atoms with van der Waals surface area (Å²) in [7, 11) is 0. The molecule has 0 saturated heterocycles. The van der Waals surface area contributed by atoms with Gasteiger partial charge in [0.05, 0.1) is 5.39 Å². The fraction of sp³-hybridized carbons (Fsp3) is 0.0500. The molecule has 132 valence electrons. The lowest BCUT2D eigenvalue weighted by molar-refractivity contribution is 0.306. The van der Waals surface area contributed by atoms with Crippen molar-refractivity contribution in [2.75, 3.05) is 0 Å². The lowest BCUT2D eigenvalue weighted by atomic mass is 10.1. The zero-order valence-electron chi connectivity index (χ0n) is 14.0. The smallest absolute Gasteiger partial charge is 0.182 e. The number of halogens is 1. The summed E-state index contributed by atoms with van der Waals surface area (Å²) < 4.78 is 8.61. The van der Waals surface area contributed by atoms with Gasteiger partial charge in [0.2, 0.25) is 0 Å². The summed E-state index contributed by atoms with van der Waals surface area (Å²) in [5, 5.41) is 7.63. The summed E-state index contributed by atoms with van der Waals surface area (Å²) in [5.41, 5.74) is 2.84. The number of benzene rings is 2. The average Bonchev–Trinajstić information content (AvgIpc) is 3.33. The van der Waals surface area contributed by atoms with Gasteiger partial charge in [-0.05, 0) is 41.3 Å². The minimum absolute atomic E-state index is 0.480. The predicted molar refractivity (Wildman–Crippen MR) is 110 cm³/mol. The molecular formula is C20H13BrN4OS. The number of rotatable bonds is 4. The number of hydrogen-bond acceptors (Lipinski definition) is 5. The van der Waals surface area contributed by atoms with Gasteiger partial charge in [0, 0.05) is 10.0 Å². The zero-order chi connectivity index (χ0) is 18.2. The Balaban J connectivity index is 1.45. The molecule has 0 aliphatic carbocycles. The summed E-state index contributed by atoms with van der Waals surface area (Å²) in [6, 6.07) is 18.0. The minimum atomic E-state index is 0.480. The van der Waals surface area contributed by atoms with Gasteiger partial charge in [0.15, 0.2) is 11.5 Å². The minimum Gasteiger partial charge on any atom is -0.489 e. The standard InChI is InChI=1S/C20H13BrN4OS/c21-15-5-2-6-16(10-15)26-11-13-3-1-4-14(9-13)18-23-19-17-7-8-27-20(17)22-12-25(19)24-18/h1-10,12H,11H2. The summed E-state index contributed by atoms with van der Waals surface area (Å²) in [4.78, 5) is 10.1. The Bertz CT molecular complexity index is 1260. The van der Waals surface area contributed by atoms with Gasteiger partial charge in [-0.25, -0.2) is 14.5 Å². The molecule has 0 aliphatic heterocycles. The third-order valence-electron chi connectivity index (χ3n) is 4.19. The second kappa shape index (κ2) is 6.75. The fourth-order valence-electron chi connectivity index (χ4n) is 2.91. The lowest BCUT2D eigenvalue weighted by Gasteiger charge is -2.07. The van der Waals surface area contributed by atoms with E-state index in [1.165, 1.54) is 0 Å². The Morgan fingerprint density at radius 3 is 2.93 bits per heavy atom. The zero-order valence-corrected chi connectivity index (χ0v) is 16.4. The molecule has 0 unspecified atom stereocenters. The Kier molecular flexibility index (Phi) is 4.10. The number of thiophene rings is 1. The van der Waals surface area contributed by atoms with E-state index in [0.717, 1.165) is 37.2 Å². The molecular weight excluding hydrogens is 424 g/mol. The number of nitrogens with zero attached hydrogens (tertiary/aromatic N) is 4. The topological polar surface area (TPSA) is 52.3 Å². The van der Waals surface area contributed by atoms with Gasteiger partial charge in [-0.1, -0.05) is 40.2 Å². The summed E-state index contributed by atoms with van der Waals surface area (Å²) in [6.45, 7) is 0.480. The van der Waals surface area contributed by atoms with Crippen molar-refractivity contribution in [3.63, 3.8) is 0 Å². The number of ether oxygens (including phenoxy) is 1. The van der Waals surface area contributed by atoms with Gasteiger partial charge < -0.3 is 4.74 Å². The molecule has 0 amide bonds. The van der Waals surface area contributed by atoms with Gasteiger partial charge >= 0.3 is 0 Å². The maximum absolute atomic E-state index is 5.89. The Morgan fingerprint density at radius 2 is 2.00 bits per heavy atom. The van der Waals surface area contributed by atoms with E-state index >= 15 is 0 Å². The molecule has 0 atom stereocenters. The molecule has 0 spiro atoms. The molecule has 5 rings (SSSR count). The first kappa shape index (κ1) is 16.4. The highest BCUT2D eigenvalue weighted by atomic mass is 79.9. The summed E-state index contributed by atoms with van der Waals surface area (Å²) in [6.07, 6.45) is 1.71. The fourth-order valence-corrected chi connectivity index (χ4v) is 4.02. The van der Waals surface area contributed by atoms with E-state index in [0.29, 0.717) is 12.4 Å². The van der Waals surface area contributed by atoms with Crippen molar-refractivity contribution in [2.24, 2.45) is 0 Å². The van der Waals surface area contributed by atoms with E-state index in [-0.39, 0.29) is 0 Å². The van der Waals surface area contributed by atoms with Gasteiger partial charge in [-0.15, -0.1) is 16.4 Å². The highest BCUT2D eigenvalue weighted by Gasteiger charge is 2.11. The molecule has 3 aromatic heterocycles. The number of hydrogen-bond donors (Lipinski definition) is 0. The van der Waals surface area contributed by atoms with Crippen molar-refractivity contribution in [1.29, 1.82) is 0 Å². The van der Waals surface area contributed by atoms with Crippen molar-refractivity contribution >= 4 is 43.1 Å². The van der Waals surface area contributed by atoms with Crippen molar-refractivity contribution in [2.45, 2.75) is 6.61 Å². The molecule has 0 aliphatic rings. The van der Waals surface area contributed by atoms with Crippen LogP contribution in [0.3, 0.4) is 0 Å². The number of fused-ring (bicyclic) bond motifs is 3. The predicted octanol–water partition coefficient (Wildman–Crippen LogP) is 5.35. The van der Waals surface area contributed by atoms with Crippen molar-refractivity contribution in [3.05, 3.63) is 76.3 Å². The first-order valence-corrected chi connectivity index (χ1v) is 10.00. The summed E-state index contributed by atoms with van der Waals surface area (Å²) in [5.74, 6) is 1.51. The maximum atomic E-state index is 5.89. The first-order valence-electron chi connectivity index (χ1n) is 8.32. The largest absolute Gasteiger partial charge is 0.489 e. The van der Waals surface area contributed by atoms with E-state index in [1.54, 1.807) is 22.2 Å². The average molecular weight is 437 g/mol. The third kappa shape index (κ3) is 3.20. The second-order valence-electron chi connectivity index (χ2n) is 6.03. The van der Waals surface area contributed by atoms with Crippen LogP contribution in [0.4, 0.5) is 0 Å². The molecule has 27 heavy (non-hydrogen) atoms. The molecule has 0 N–H and O–H groups in total. The van der Waals surface area contributed by atoms with E-state index < -0.39 is 0 Å². The molecule has 0 saturated carbocycles. The van der Waals surface area contributed by atoms with Crippen LogP contribution in [-0.4, -0.2) is 19.6 Å². The quantitative estimate of drug-likeness (QED) is 0.381. The number of aromatic nitrogens is 4. The Labute approximate surface area is 167 Å². The van der Waals surface area contributed by atoms with Crippen molar-refractivity contribution in [3.8, 4) is 17.1 Å². The van der Waals surface area contributed by atoms with Gasteiger partial charge in [-0.3, -0.25) is 0 Å². The Hall–Kier alpha value is -2.77. The van der Waals surface area contributed by atoms with E-state index in [1.807, 2.05) is 53.9 Å². The first-order chi connectivity index (χ1) is 13.3. The van der Waals surface area contributed by atoms with Crippen LogP contribution in [0.5, 0.6) is 5.75 Å². The maximum Gasteiger partial charge on any atom is 0.182 e. The molecule has 3 heterocycles. The molecule has 5 nitrogen and oxygen atoms in total. The molecule has 0 radical (unpaired) electrons.